The molecule has 2 fully saturated rings. The first-order valence-electron chi connectivity index (χ1n) is 7.98. The first-order valence-corrected chi connectivity index (χ1v) is 7.98. The van der Waals surface area contributed by atoms with Gasteiger partial charge in [0.05, 0.1) is 16.0 Å². The molecule has 1 amide bonds. The fourth-order valence-corrected chi connectivity index (χ4v) is 4.28. The molecular weight excluding hydrogens is 310 g/mol. The van der Waals surface area contributed by atoms with Gasteiger partial charge < -0.3 is 0 Å². The molecule has 1 aromatic carbocycles. The molecule has 2 aliphatic rings. The van der Waals surface area contributed by atoms with E-state index in [0.29, 0.717) is 12.1 Å². The maximum Gasteiger partial charge on any atom is 0.269 e. The predicted molar refractivity (Wildman–Crippen MR) is 88.0 cm³/mol. The molecule has 0 unspecified atom stereocenters. The molecule has 2 saturated carbocycles. The summed E-state index contributed by atoms with van der Waals surface area (Å²) in [5.41, 5.74) is 4.47. The van der Waals surface area contributed by atoms with Gasteiger partial charge >= 0.3 is 0 Å². The van der Waals surface area contributed by atoms with Gasteiger partial charge in [-0.1, -0.05) is 20.8 Å². The summed E-state index contributed by atoms with van der Waals surface area (Å²) in [6, 6.07) is 5.78. The molecule has 128 valence electrons. The highest BCUT2D eigenvalue weighted by Gasteiger charge is 2.72. The monoisotopic (exact) mass is 331 g/mol. The number of nitro groups is 1. The van der Waals surface area contributed by atoms with Crippen LogP contribution >= 0.6 is 0 Å². The lowest BCUT2D eigenvalue weighted by molar-refractivity contribution is -0.384. The SMILES string of the molecule is CC1(C)[C@@]2(C(=O)NNc3ccc([N+](=O)[O-])cc3)CC[C@]1(C)C(=O)C2. The quantitative estimate of drug-likeness (QED) is 0.652. The number of benzene rings is 1. The molecule has 7 heteroatoms. The third kappa shape index (κ3) is 1.96. The number of nitrogens with one attached hydrogen (secondary N) is 2. The number of nitrogens with zero attached hydrogens (tertiary/aromatic N) is 1. The van der Waals surface area contributed by atoms with Crippen LogP contribution in [0.1, 0.15) is 40.0 Å². The Balaban J connectivity index is 1.74. The lowest BCUT2D eigenvalue weighted by atomic mass is 9.64. The van der Waals surface area contributed by atoms with Gasteiger partial charge in [0.1, 0.15) is 5.78 Å². The van der Waals surface area contributed by atoms with E-state index in [2.05, 4.69) is 10.9 Å². The number of ketones is 1. The number of nitro benzene ring substituents is 1. The lowest BCUT2D eigenvalue weighted by Crippen LogP contribution is -2.48. The number of carbonyl (C=O) groups excluding carboxylic acids is 2. The number of rotatable bonds is 4. The van der Waals surface area contributed by atoms with Crippen molar-refractivity contribution in [1.82, 2.24) is 5.43 Å². The number of non-ortho nitro benzene ring substituents is 1. The number of hydrogen-bond acceptors (Lipinski definition) is 5. The maximum atomic E-state index is 12.8. The second-order valence-corrected chi connectivity index (χ2v) is 7.52. The van der Waals surface area contributed by atoms with Crippen LogP contribution in [0, 0.1) is 26.4 Å². The van der Waals surface area contributed by atoms with Gasteiger partial charge in [-0.15, -0.1) is 0 Å². The highest BCUT2D eigenvalue weighted by atomic mass is 16.6. The van der Waals surface area contributed by atoms with Crippen molar-refractivity contribution in [1.29, 1.82) is 0 Å². The third-order valence-corrected chi connectivity index (χ3v) is 6.54. The van der Waals surface area contributed by atoms with Gasteiger partial charge in [0.2, 0.25) is 5.91 Å². The molecule has 0 radical (unpaired) electrons. The van der Waals surface area contributed by atoms with Crippen LogP contribution in [0.5, 0.6) is 0 Å². The maximum absolute atomic E-state index is 12.8. The Morgan fingerprint density at radius 1 is 1.17 bits per heavy atom. The smallest absolute Gasteiger partial charge is 0.269 e. The summed E-state index contributed by atoms with van der Waals surface area (Å²) >= 11 is 0. The van der Waals surface area contributed by atoms with Crippen LogP contribution < -0.4 is 10.9 Å². The number of carbonyl (C=O) groups is 2. The molecule has 2 N–H and O–H groups in total. The number of Topliss-reactive ketones (excluding diaryl/α,β-unsaturated/α-hetero) is 1. The molecule has 0 heterocycles. The Hall–Kier alpha value is -2.44. The zero-order valence-electron chi connectivity index (χ0n) is 14.0. The van der Waals surface area contributed by atoms with Gasteiger partial charge in [-0.3, -0.25) is 30.6 Å². The zero-order chi connectivity index (χ0) is 17.8. The second-order valence-electron chi connectivity index (χ2n) is 7.52. The Morgan fingerprint density at radius 3 is 2.25 bits per heavy atom. The first kappa shape index (κ1) is 16.4. The average Bonchev–Trinajstić information content (AvgIpc) is 2.83. The zero-order valence-corrected chi connectivity index (χ0v) is 14.0. The van der Waals surface area contributed by atoms with E-state index in [4.69, 9.17) is 0 Å². The highest BCUT2D eigenvalue weighted by Crippen LogP contribution is 2.70. The fourth-order valence-electron chi connectivity index (χ4n) is 4.28. The molecule has 3 rings (SSSR count). The Labute approximate surface area is 139 Å². The van der Waals surface area contributed by atoms with Crippen LogP contribution in [0.15, 0.2) is 24.3 Å². The largest absolute Gasteiger partial charge is 0.299 e. The van der Waals surface area contributed by atoms with Gasteiger partial charge in [-0.2, -0.15) is 0 Å². The standard InChI is InChI=1S/C17H21N3O4/c1-15(2)16(3)8-9-17(15,10-13(16)21)14(22)19-18-11-4-6-12(7-5-11)20(23)24/h4-7,18H,8-10H2,1-3H3,(H,19,22)/t16-,17+/m1/s1. The Morgan fingerprint density at radius 2 is 1.79 bits per heavy atom. The van der Waals surface area contributed by atoms with Crippen molar-refractivity contribution in [2.75, 3.05) is 5.43 Å². The van der Waals surface area contributed by atoms with E-state index in [1.54, 1.807) is 0 Å². The minimum Gasteiger partial charge on any atom is -0.299 e. The van der Waals surface area contributed by atoms with E-state index < -0.39 is 21.2 Å². The normalized spacial score (nSPS) is 30.2. The summed E-state index contributed by atoms with van der Waals surface area (Å²) < 4.78 is 0. The van der Waals surface area contributed by atoms with Crippen molar-refractivity contribution in [2.45, 2.75) is 40.0 Å². The number of anilines is 1. The minimum atomic E-state index is -0.702. The molecule has 7 nitrogen and oxygen atoms in total. The van der Waals surface area contributed by atoms with E-state index in [1.165, 1.54) is 24.3 Å². The van der Waals surface area contributed by atoms with E-state index in [9.17, 15) is 19.7 Å². The first-order chi connectivity index (χ1) is 11.1. The van der Waals surface area contributed by atoms with E-state index in [0.717, 1.165) is 6.42 Å². The summed E-state index contributed by atoms with van der Waals surface area (Å²) in [4.78, 5) is 35.4. The van der Waals surface area contributed by atoms with Crippen molar-refractivity contribution >= 4 is 23.1 Å². The lowest BCUT2D eigenvalue weighted by Gasteiger charge is -2.38. The second kappa shape index (κ2) is 5.03. The fraction of sp³-hybridized carbons (Fsp3) is 0.529. The average molecular weight is 331 g/mol. The van der Waals surface area contributed by atoms with Crippen LogP contribution in [0.25, 0.3) is 0 Å². The number of amides is 1. The topological polar surface area (TPSA) is 101 Å². The molecule has 0 aromatic heterocycles. The van der Waals surface area contributed by atoms with E-state index in [1.807, 2.05) is 20.8 Å². The van der Waals surface area contributed by atoms with E-state index in [-0.39, 0.29) is 23.8 Å². The van der Waals surface area contributed by atoms with Crippen molar-refractivity contribution in [2.24, 2.45) is 16.2 Å². The Kier molecular flexibility index (Phi) is 3.44. The van der Waals surface area contributed by atoms with Crippen LogP contribution in [0.2, 0.25) is 0 Å². The number of hydrogen-bond donors (Lipinski definition) is 2. The minimum absolute atomic E-state index is 0.0143. The van der Waals surface area contributed by atoms with Crippen molar-refractivity contribution in [3.05, 3.63) is 34.4 Å². The van der Waals surface area contributed by atoms with Gasteiger partial charge in [-0.05, 0) is 30.4 Å². The van der Waals surface area contributed by atoms with Crippen LogP contribution in [-0.4, -0.2) is 16.6 Å². The van der Waals surface area contributed by atoms with Crippen molar-refractivity contribution in [3.63, 3.8) is 0 Å². The molecule has 0 spiro atoms. The third-order valence-electron chi connectivity index (χ3n) is 6.54. The molecule has 1 aromatic rings. The molecular formula is C17H21N3O4. The molecule has 2 aliphatic carbocycles. The van der Waals surface area contributed by atoms with E-state index >= 15 is 0 Å². The van der Waals surface area contributed by atoms with Gasteiger partial charge in [-0.25, -0.2) is 0 Å². The molecule has 2 atom stereocenters. The summed E-state index contributed by atoms with van der Waals surface area (Å²) in [7, 11) is 0. The number of fused-ring (bicyclic) bond motifs is 2. The summed E-state index contributed by atoms with van der Waals surface area (Å²) in [5.74, 6) is -0.0373. The van der Waals surface area contributed by atoms with Crippen LogP contribution in [0.3, 0.4) is 0 Å². The van der Waals surface area contributed by atoms with Crippen molar-refractivity contribution < 1.29 is 14.5 Å². The summed E-state index contributed by atoms with van der Waals surface area (Å²) in [5, 5.41) is 10.7. The van der Waals surface area contributed by atoms with Crippen LogP contribution in [-0.2, 0) is 9.59 Å². The summed E-state index contributed by atoms with van der Waals surface area (Å²) in [6.45, 7) is 5.95. The molecule has 24 heavy (non-hydrogen) atoms. The molecule has 0 aliphatic heterocycles. The van der Waals surface area contributed by atoms with Gasteiger partial charge in [0.25, 0.3) is 5.69 Å². The Bertz CT molecular complexity index is 728. The van der Waals surface area contributed by atoms with Gasteiger partial charge in [0, 0.05) is 24.0 Å². The highest BCUT2D eigenvalue weighted by molar-refractivity contribution is 5.99. The van der Waals surface area contributed by atoms with Gasteiger partial charge in [0.15, 0.2) is 0 Å². The predicted octanol–water partition coefficient (Wildman–Crippen LogP) is 2.82. The van der Waals surface area contributed by atoms with Crippen molar-refractivity contribution in [3.8, 4) is 0 Å². The molecule has 2 bridgehead atoms. The number of hydrazine groups is 1. The summed E-state index contributed by atoms with van der Waals surface area (Å²) in [6.07, 6.45) is 1.68. The van der Waals surface area contributed by atoms with Crippen LogP contribution in [0.4, 0.5) is 11.4 Å². The molecule has 0 saturated heterocycles.